The van der Waals surface area contributed by atoms with E-state index in [1.807, 2.05) is 18.2 Å². The molecule has 15 heavy (non-hydrogen) atoms. The number of esters is 1. The zero-order chi connectivity index (χ0) is 10.8. The van der Waals surface area contributed by atoms with E-state index in [9.17, 15) is 4.79 Å². The van der Waals surface area contributed by atoms with E-state index < -0.39 is 0 Å². The Bertz CT molecular complexity index is 525. The largest absolute Gasteiger partial charge is 0.465 e. The fourth-order valence-electron chi connectivity index (χ4n) is 1.32. The summed E-state index contributed by atoms with van der Waals surface area (Å²) in [5.74, 6) is -0.368. The number of benzene rings is 1. The number of ether oxygens (including phenoxy) is 1. The molecule has 0 amide bonds. The number of rotatable bonds is 1. The molecular formula is C11H8BrNO2. The van der Waals surface area contributed by atoms with Crippen LogP contribution in [0.25, 0.3) is 10.9 Å². The minimum absolute atomic E-state index is 0.368. The van der Waals surface area contributed by atoms with Crippen LogP contribution in [0.2, 0.25) is 0 Å². The van der Waals surface area contributed by atoms with E-state index in [-0.39, 0.29) is 5.97 Å². The smallest absolute Gasteiger partial charge is 0.339 e. The molecule has 0 aliphatic carbocycles. The highest BCUT2D eigenvalue weighted by Gasteiger charge is 2.06. The Labute approximate surface area is 95.2 Å². The molecule has 0 spiro atoms. The average Bonchev–Trinajstić information content (AvgIpc) is 2.27. The summed E-state index contributed by atoms with van der Waals surface area (Å²) in [5.41, 5.74) is 1.31. The maximum atomic E-state index is 11.3. The SMILES string of the molecule is COC(=O)c1cnc2cc(Br)ccc2c1. The minimum Gasteiger partial charge on any atom is -0.465 e. The molecule has 0 saturated heterocycles. The van der Waals surface area contributed by atoms with Crippen LogP contribution < -0.4 is 0 Å². The van der Waals surface area contributed by atoms with E-state index in [4.69, 9.17) is 0 Å². The fourth-order valence-corrected chi connectivity index (χ4v) is 1.67. The van der Waals surface area contributed by atoms with Gasteiger partial charge in [0.15, 0.2) is 0 Å². The zero-order valence-corrected chi connectivity index (χ0v) is 9.61. The van der Waals surface area contributed by atoms with E-state index in [2.05, 4.69) is 25.7 Å². The molecule has 0 atom stereocenters. The van der Waals surface area contributed by atoms with E-state index in [1.165, 1.54) is 13.3 Å². The van der Waals surface area contributed by atoms with Crippen LogP contribution in [0.4, 0.5) is 0 Å². The number of pyridine rings is 1. The normalized spacial score (nSPS) is 10.3. The number of hydrogen-bond acceptors (Lipinski definition) is 3. The van der Waals surface area contributed by atoms with Gasteiger partial charge in [0.25, 0.3) is 0 Å². The summed E-state index contributed by atoms with van der Waals surface area (Å²) in [6, 6.07) is 7.47. The van der Waals surface area contributed by atoms with Gasteiger partial charge in [0.1, 0.15) is 0 Å². The van der Waals surface area contributed by atoms with Gasteiger partial charge in [-0.1, -0.05) is 22.0 Å². The van der Waals surface area contributed by atoms with E-state index in [0.717, 1.165) is 15.4 Å². The van der Waals surface area contributed by atoms with Gasteiger partial charge in [-0.25, -0.2) is 4.79 Å². The molecule has 1 aromatic carbocycles. The molecule has 2 rings (SSSR count). The van der Waals surface area contributed by atoms with Crippen molar-refractivity contribution >= 4 is 32.8 Å². The molecule has 0 aliphatic heterocycles. The average molecular weight is 266 g/mol. The summed E-state index contributed by atoms with van der Waals surface area (Å²) >= 11 is 3.36. The van der Waals surface area contributed by atoms with Crippen molar-refractivity contribution in [3.8, 4) is 0 Å². The molecular weight excluding hydrogens is 258 g/mol. The Kier molecular flexibility index (Phi) is 2.68. The lowest BCUT2D eigenvalue weighted by Gasteiger charge is -2.01. The lowest BCUT2D eigenvalue weighted by atomic mass is 10.1. The number of methoxy groups -OCH3 is 1. The van der Waals surface area contributed by atoms with Gasteiger partial charge in [-0.3, -0.25) is 4.98 Å². The van der Waals surface area contributed by atoms with Crippen LogP contribution in [0, 0.1) is 0 Å². The summed E-state index contributed by atoms with van der Waals surface area (Å²) < 4.78 is 5.59. The van der Waals surface area contributed by atoms with Crippen molar-refractivity contribution in [3.05, 3.63) is 40.5 Å². The second kappa shape index (κ2) is 3.98. The van der Waals surface area contributed by atoms with Crippen LogP contribution >= 0.6 is 15.9 Å². The monoisotopic (exact) mass is 265 g/mol. The van der Waals surface area contributed by atoms with Crippen LogP contribution in [-0.2, 0) is 4.74 Å². The van der Waals surface area contributed by atoms with Crippen LogP contribution in [0.1, 0.15) is 10.4 Å². The van der Waals surface area contributed by atoms with Gasteiger partial charge in [0.2, 0.25) is 0 Å². The number of carbonyl (C=O) groups excluding carboxylic acids is 1. The van der Waals surface area contributed by atoms with Gasteiger partial charge < -0.3 is 4.74 Å². The number of hydrogen-bond donors (Lipinski definition) is 0. The predicted molar refractivity (Wildman–Crippen MR) is 60.8 cm³/mol. The van der Waals surface area contributed by atoms with Gasteiger partial charge in [0, 0.05) is 16.1 Å². The Morgan fingerprint density at radius 1 is 1.40 bits per heavy atom. The molecule has 2 aromatic rings. The van der Waals surface area contributed by atoms with Gasteiger partial charge in [0.05, 0.1) is 18.2 Å². The summed E-state index contributed by atoms with van der Waals surface area (Å²) in [6.07, 6.45) is 1.51. The van der Waals surface area contributed by atoms with Crippen molar-refractivity contribution in [2.75, 3.05) is 7.11 Å². The van der Waals surface area contributed by atoms with Gasteiger partial charge in [-0.05, 0) is 18.2 Å². The minimum atomic E-state index is -0.368. The number of nitrogens with zero attached hydrogens (tertiary/aromatic N) is 1. The van der Waals surface area contributed by atoms with Crippen molar-refractivity contribution < 1.29 is 9.53 Å². The highest BCUT2D eigenvalue weighted by molar-refractivity contribution is 9.10. The number of aromatic nitrogens is 1. The number of fused-ring (bicyclic) bond motifs is 1. The first-order chi connectivity index (χ1) is 7.20. The Morgan fingerprint density at radius 3 is 2.93 bits per heavy atom. The molecule has 0 saturated carbocycles. The van der Waals surface area contributed by atoms with Crippen LogP contribution in [0.15, 0.2) is 34.9 Å². The molecule has 3 nitrogen and oxygen atoms in total. The zero-order valence-electron chi connectivity index (χ0n) is 8.03. The highest BCUT2D eigenvalue weighted by Crippen LogP contribution is 2.18. The number of carbonyl (C=O) groups is 1. The molecule has 4 heteroatoms. The highest BCUT2D eigenvalue weighted by atomic mass is 79.9. The molecule has 0 unspecified atom stereocenters. The third kappa shape index (κ3) is 1.99. The lowest BCUT2D eigenvalue weighted by molar-refractivity contribution is 0.0600. The third-order valence-corrected chi connectivity index (χ3v) is 2.56. The van der Waals surface area contributed by atoms with Crippen LogP contribution in [0.3, 0.4) is 0 Å². The van der Waals surface area contributed by atoms with Crippen LogP contribution in [0.5, 0.6) is 0 Å². The Morgan fingerprint density at radius 2 is 2.20 bits per heavy atom. The molecule has 0 radical (unpaired) electrons. The van der Waals surface area contributed by atoms with E-state index in [0.29, 0.717) is 5.56 Å². The van der Waals surface area contributed by atoms with Gasteiger partial charge in [-0.15, -0.1) is 0 Å². The summed E-state index contributed by atoms with van der Waals surface area (Å²) in [6.45, 7) is 0. The lowest BCUT2D eigenvalue weighted by Crippen LogP contribution is -2.01. The topological polar surface area (TPSA) is 39.2 Å². The second-order valence-corrected chi connectivity index (χ2v) is 3.97. The second-order valence-electron chi connectivity index (χ2n) is 3.05. The van der Waals surface area contributed by atoms with Crippen molar-refractivity contribution in [3.63, 3.8) is 0 Å². The quantitative estimate of drug-likeness (QED) is 0.745. The fraction of sp³-hybridized carbons (Fsp3) is 0.0909. The third-order valence-electron chi connectivity index (χ3n) is 2.07. The maximum Gasteiger partial charge on any atom is 0.339 e. The molecule has 1 heterocycles. The molecule has 0 fully saturated rings. The Hall–Kier alpha value is -1.42. The molecule has 1 aromatic heterocycles. The standard InChI is InChI=1S/C11H8BrNO2/c1-15-11(14)8-4-7-2-3-9(12)5-10(7)13-6-8/h2-6H,1H3. The molecule has 0 N–H and O–H groups in total. The summed E-state index contributed by atoms with van der Waals surface area (Å²) in [7, 11) is 1.36. The predicted octanol–water partition coefficient (Wildman–Crippen LogP) is 2.78. The molecule has 0 aliphatic rings. The summed E-state index contributed by atoms with van der Waals surface area (Å²) in [4.78, 5) is 15.4. The first kappa shape index (κ1) is 10.1. The van der Waals surface area contributed by atoms with E-state index in [1.54, 1.807) is 6.07 Å². The molecule has 0 bridgehead atoms. The van der Waals surface area contributed by atoms with Crippen molar-refractivity contribution in [1.82, 2.24) is 4.98 Å². The summed E-state index contributed by atoms with van der Waals surface area (Å²) in [5, 5.41) is 0.918. The Balaban J connectivity index is 2.57. The van der Waals surface area contributed by atoms with Crippen molar-refractivity contribution in [2.45, 2.75) is 0 Å². The maximum absolute atomic E-state index is 11.3. The van der Waals surface area contributed by atoms with Gasteiger partial charge >= 0.3 is 5.97 Å². The van der Waals surface area contributed by atoms with Crippen molar-refractivity contribution in [1.29, 1.82) is 0 Å². The molecule has 76 valence electrons. The first-order valence-electron chi connectivity index (χ1n) is 4.34. The van der Waals surface area contributed by atoms with Crippen molar-refractivity contribution in [2.24, 2.45) is 0 Å². The van der Waals surface area contributed by atoms with Crippen LogP contribution in [-0.4, -0.2) is 18.1 Å². The first-order valence-corrected chi connectivity index (χ1v) is 5.13. The van der Waals surface area contributed by atoms with E-state index >= 15 is 0 Å². The number of halogens is 1. The van der Waals surface area contributed by atoms with Gasteiger partial charge in [-0.2, -0.15) is 0 Å².